The fraction of sp³-hybridized carbons (Fsp3) is 0.375. The summed E-state index contributed by atoms with van der Waals surface area (Å²) in [5.41, 5.74) is 1.38. The highest BCUT2D eigenvalue weighted by molar-refractivity contribution is 7.56. The molecule has 0 unspecified atom stereocenters. The molecule has 0 bridgehead atoms. The molecule has 0 aliphatic rings. The van der Waals surface area contributed by atoms with Crippen LogP contribution in [0.4, 0.5) is 0 Å². The molecule has 9 heteroatoms. The molecule has 0 aliphatic carbocycles. The number of aliphatic hydroxyl groups excluding tert-OH is 2. The molecule has 0 amide bonds. The van der Waals surface area contributed by atoms with Crippen molar-refractivity contribution in [3.8, 4) is 11.5 Å². The molecule has 0 spiro atoms. The first-order valence-electron chi connectivity index (χ1n) is 7.55. The number of rotatable bonds is 6. The molecule has 0 saturated carbocycles. The Morgan fingerprint density at radius 3 is 1.56 bits per heavy atom. The molecule has 136 valence electrons. The molecule has 0 aromatic carbocycles. The number of aromatic hydroxyl groups is 2. The Bertz CT molecular complexity index is 774. The average Bonchev–Trinajstić information content (AvgIpc) is 2.56. The smallest absolute Gasteiger partial charge is 0.209 e. The summed E-state index contributed by atoms with van der Waals surface area (Å²) in [6.07, 6.45) is 1.89. The molecule has 0 radical (unpaired) electrons. The van der Waals surface area contributed by atoms with Crippen molar-refractivity contribution in [1.82, 2.24) is 9.97 Å². The summed E-state index contributed by atoms with van der Waals surface area (Å²) >= 11 is 0. The van der Waals surface area contributed by atoms with E-state index in [1.165, 1.54) is 12.4 Å². The lowest BCUT2D eigenvalue weighted by Crippen LogP contribution is -2.03. The fourth-order valence-corrected chi connectivity index (χ4v) is 4.35. The Hall–Kier alpha value is -1.99. The van der Waals surface area contributed by atoms with Crippen LogP contribution in [-0.2, 0) is 30.1 Å². The van der Waals surface area contributed by atoms with Gasteiger partial charge < -0.3 is 25.3 Å². The van der Waals surface area contributed by atoms with E-state index in [4.69, 9.17) is 0 Å². The van der Waals surface area contributed by atoms with Crippen LogP contribution in [0.5, 0.6) is 11.5 Å². The standard InChI is InChI=1S/C16H21N2O6P/c1-9-15(21)13(11(5-19)3-17-9)7-25(23,24)8-14-12(6-20)4-18-10(2)16(14)22/h3-4,19-22H,5-8H2,1-2H3,(H,23,24). The van der Waals surface area contributed by atoms with Crippen molar-refractivity contribution in [2.75, 3.05) is 0 Å². The van der Waals surface area contributed by atoms with Crippen LogP contribution in [0.25, 0.3) is 0 Å². The highest BCUT2D eigenvalue weighted by Gasteiger charge is 2.27. The van der Waals surface area contributed by atoms with E-state index in [0.717, 1.165) is 0 Å². The Labute approximate surface area is 144 Å². The van der Waals surface area contributed by atoms with Crippen LogP contribution in [0.3, 0.4) is 0 Å². The van der Waals surface area contributed by atoms with Crippen LogP contribution < -0.4 is 0 Å². The van der Waals surface area contributed by atoms with Crippen molar-refractivity contribution >= 4 is 7.37 Å². The Kier molecular flexibility index (Phi) is 5.80. The van der Waals surface area contributed by atoms with Gasteiger partial charge in [0.15, 0.2) is 0 Å². The van der Waals surface area contributed by atoms with E-state index in [-0.39, 0.29) is 45.1 Å². The van der Waals surface area contributed by atoms with Crippen LogP contribution in [0.1, 0.15) is 33.6 Å². The van der Waals surface area contributed by atoms with Gasteiger partial charge >= 0.3 is 0 Å². The minimum atomic E-state index is -3.91. The monoisotopic (exact) mass is 368 g/mol. The Morgan fingerprint density at radius 2 is 1.24 bits per heavy atom. The number of hydrogen-bond donors (Lipinski definition) is 5. The summed E-state index contributed by atoms with van der Waals surface area (Å²) in [4.78, 5) is 18.3. The lowest BCUT2D eigenvalue weighted by molar-refractivity contribution is 0.279. The van der Waals surface area contributed by atoms with Gasteiger partial charge in [-0.2, -0.15) is 0 Å². The quantitative estimate of drug-likeness (QED) is 0.482. The van der Waals surface area contributed by atoms with Crippen molar-refractivity contribution < 1.29 is 29.9 Å². The predicted octanol–water partition coefficient (Wildman–Crippen LogP) is 1.46. The fourth-order valence-electron chi connectivity index (χ4n) is 2.54. The maximum absolute atomic E-state index is 12.7. The lowest BCUT2D eigenvalue weighted by atomic mass is 10.1. The van der Waals surface area contributed by atoms with E-state index in [0.29, 0.717) is 0 Å². The molecule has 0 aliphatic heterocycles. The Morgan fingerprint density at radius 1 is 0.880 bits per heavy atom. The number of aromatic nitrogens is 2. The first kappa shape index (κ1) is 19.3. The van der Waals surface area contributed by atoms with Crippen molar-refractivity contribution in [3.63, 3.8) is 0 Å². The van der Waals surface area contributed by atoms with Crippen LogP contribution in [0, 0.1) is 13.8 Å². The maximum Gasteiger partial charge on any atom is 0.209 e. The number of pyridine rings is 2. The van der Waals surface area contributed by atoms with Gasteiger partial charge in [-0.05, 0) is 13.8 Å². The summed E-state index contributed by atoms with van der Waals surface area (Å²) in [6.45, 7) is 2.23. The number of nitrogens with zero attached hydrogens (tertiary/aromatic N) is 2. The van der Waals surface area contributed by atoms with E-state index in [1.54, 1.807) is 13.8 Å². The number of aryl methyl sites for hydroxylation is 2. The molecular formula is C16H21N2O6P. The van der Waals surface area contributed by atoms with Gasteiger partial charge in [0.25, 0.3) is 0 Å². The van der Waals surface area contributed by atoms with Gasteiger partial charge in [-0.1, -0.05) is 0 Å². The first-order chi connectivity index (χ1) is 11.7. The first-order valence-corrected chi connectivity index (χ1v) is 9.58. The second-order valence-corrected chi connectivity index (χ2v) is 8.20. The molecule has 2 aromatic rings. The van der Waals surface area contributed by atoms with Crippen molar-refractivity contribution in [2.45, 2.75) is 39.4 Å². The zero-order chi connectivity index (χ0) is 18.8. The molecule has 0 atom stereocenters. The second kappa shape index (κ2) is 7.49. The topological polar surface area (TPSA) is 144 Å². The molecule has 2 heterocycles. The minimum Gasteiger partial charge on any atom is -0.506 e. The van der Waals surface area contributed by atoms with Gasteiger partial charge in [-0.15, -0.1) is 0 Å². The van der Waals surface area contributed by atoms with Gasteiger partial charge in [0.05, 0.1) is 36.9 Å². The SMILES string of the molecule is Cc1ncc(CO)c(CP(=O)(O)Cc2c(CO)cnc(C)c2O)c1O. The van der Waals surface area contributed by atoms with Crippen molar-refractivity contribution in [2.24, 2.45) is 0 Å². The lowest BCUT2D eigenvalue weighted by Gasteiger charge is -2.18. The van der Waals surface area contributed by atoms with Crippen molar-refractivity contribution in [3.05, 3.63) is 46.0 Å². The number of aliphatic hydroxyl groups is 2. The average molecular weight is 368 g/mol. The van der Waals surface area contributed by atoms with E-state index < -0.39 is 32.9 Å². The third kappa shape index (κ3) is 4.16. The molecule has 8 nitrogen and oxygen atoms in total. The van der Waals surface area contributed by atoms with Crippen molar-refractivity contribution in [1.29, 1.82) is 0 Å². The normalized spacial score (nSPS) is 11.7. The summed E-state index contributed by atoms with van der Waals surface area (Å²) in [5, 5.41) is 39.0. The zero-order valence-electron chi connectivity index (χ0n) is 14.0. The van der Waals surface area contributed by atoms with Gasteiger partial charge in [0.1, 0.15) is 11.5 Å². The maximum atomic E-state index is 12.7. The summed E-state index contributed by atoms with van der Waals surface area (Å²) in [7, 11) is -3.91. The van der Waals surface area contributed by atoms with Gasteiger partial charge in [-0.3, -0.25) is 14.5 Å². The third-order valence-corrected chi connectivity index (χ3v) is 5.63. The van der Waals surface area contributed by atoms with Gasteiger partial charge in [-0.25, -0.2) is 0 Å². The largest absolute Gasteiger partial charge is 0.506 e. The molecule has 5 N–H and O–H groups in total. The summed E-state index contributed by atoms with van der Waals surface area (Å²) in [6, 6.07) is 0. The molecule has 2 rings (SSSR count). The van der Waals surface area contributed by atoms with Crippen LogP contribution >= 0.6 is 7.37 Å². The molecule has 25 heavy (non-hydrogen) atoms. The zero-order valence-corrected chi connectivity index (χ0v) is 14.9. The molecular weight excluding hydrogens is 347 g/mol. The van der Waals surface area contributed by atoms with E-state index in [9.17, 15) is 29.9 Å². The predicted molar refractivity (Wildman–Crippen MR) is 90.4 cm³/mol. The van der Waals surface area contributed by atoms with Gasteiger partial charge in [0, 0.05) is 34.6 Å². The summed E-state index contributed by atoms with van der Waals surface area (Å²) < 4.78 is 12.7. The minimum absolute atomic E-state index is 0.150. The van der Waals surface area contributed by atoms with Crippen LogP contribution in [0.2, 0.25) is 0 Å². The number of hydrogen-bond acceptors (Lipinski definition) is 7. The second-order valence-electron chi connectivity index (χ2n) is 5.87. The molecule has 2 aromatic heterocycles. The highest BCUT2D eigenvalue weighted by atomic mass is 31.2. The van der Waals surface area contributed by atoms with E-state index in [2.05, 4.69) is 9.97 Å². The molecule has 0 saturated heterocycles. The third-order valence-electron chi connectivity index (χ3n) is 4.01. The van der Waals surface area contributed by atoms with Gasteiger partial charge in [0.2, 0.25) is 7.37 Å². The summed E-state index contributed by atoms with van der Waals surface area (Å²) in [5.74, 6) is -0.475. The molecule has 0 fully saturated rings. The van der Waals surface area contributed by atoms with Crippen LogP contribution in [0.15, 0.2) is 12.4 Å². The van der Waals surface area contributed by atoms with E-state index >= 15 is 0 Å². The van der Waals surface area contributed by atoms with Crippen LogP contribution in [-0.4, -0.2) is 35.3 Å². The highest BCUT2D eigenvalue weighted by Crippen LogP contribution is 2.52. The van der Waals surface area contributed by atoms with E-state index in [1.807, 2.05) is 0 Å². The Balaban J connectivity index is 2.41.